The lowest BCUT2D eigenvalue weighted by Crippen LogP contribution is -3.00. The van der Waals surface area contributed by atoms with Crippen LogP contribution in [0.1, 0.15) is 47.5 Å². The Hall–Kier alpha value is -3.06. The van der Waals surface area contributed by atoms with Crippen LogP contribution in [0, 0.1) is 5.41 Å². The van der Waals surface area contributed by atoms with Crippen LogP contribution in [0.2, 0.25) is 0 Å². The molecule has 0 unspecified atom stereocenters. The van der Waals surface area contributed by atoms with Crippen molar-refractivity contribution < 1.29 is 21.8 Å². The Kier molecular flexibility index (Phi) is 11.6. The van der Waals surface area contributed by atoms with Crippen molar-refractivity contribution >= 4 is 29.0 Å². The van der Waals surface area contributed by atoms with Gasteiger partial charge in [0.25, 0.3) is 0 Å². The highest BCUT2D eigenvalue weighted by Gasteiger charge is 2.44. The molecule has 0 aromatic heterocycles. The van der Waals surface area contributed by atoms with Gasteiger partial charge in [-0.1, -0.05) is 110 Å². The first kappa shape index (κ1) is 32.5. The number of Topliss-reactive ketones (excluding diaryl/α,β-unsaturated/α-hetero) is 1. The minimum atomic E-state index is -1.88. The molecule has 0 N–H and O–H groups in total. The van der Waals surface area contributed by atoms with E-state index in [1.807, 2.05) is 6.92 Å². The summed E-state index contributed by atoms with van der Waals surface area (Å²) < 4.78 is 0. The molecule has 1 nitrogen and oxygen atoms in total. The second-order valence-corrected chi connectivity index (χ2v) is 14.9. The Labute approximate surface area is 258 Å². The van der Waals surface area contributed by atoms with Crippen LogP contribution in [-0.4, -0.2) is 11.9 Å². The Balaban J connectivity index is 0.00000462. The summed E-state index contributed by atoms with van der Waals surface area (Å²) in [5.41, 5.74) is 4.53. The summed E-state index contributed by atoms with van der Waals surface area (Å²) in [6.07, 6.45) is 15.7. The van der Waals surface area contributed by atoms with Gasteiger partial charge in [0.05, 0.1) is 6.16 Å². The van der Waals surface area contributed by atoms with E-state index < -0.39 is 7.26 Å². The van der Waals surface area contributed by atoms with Gasteiger partial charge in [-0.2, -0.15) is 0 Å². The molecule has 0 heterocycles. The van der Waals surface area contributed by atoms with E-state index in [1.165, 1.54) is 27.1 Å². The van der Waals surface area contributed by atoms with E-state index in [0.29, 0.717) is 6.42 Å². The molecule has 0 aliphatic heterocycles. The Morgan fingerprint density at radius 1 is 0.780 bits per heavy atom. The highest BCUT2D eigenvalue weighted by molar-refractivity contribution is 7.95. The number of hydrogen-bond acceptors (Lipinski definition) is 1. The van der Waals surface area contributed by atoms with E-state index >= 15 is 0 Å². The van der Waals surface area contributed by atoms with Crippen LogP contribution in [0.15, 0.2) is 150 Å². The molecular formula is C38H42BrOP. The fourth-order valence-electron chi connectivity index (χ4n) is 5.54. The summed E-state index contributed by atoms with van der Waals surface area (Å²) in [6, 6.07) is 33.1. The van der Waals surface area contributed by atoms with Gasteiger partial charge in [-0.05, 0) is 86.2 Å². The summed E-state index contributed by atoms with van der Waals surface area (Å²) in [5, 5.41) is 4.19. The van der Waals surface area contributed by atoms with Gasteiger partial charge < -0.3 is 17.0 Å². The predicted octanol–water partition coefficient (Wildman–Crippen LogP) is 5.70. The normalized spacial score (nSPS) is 16.4. The third-order valence-electron chi connectivity index (χ3n) is 8.04. The van der Waals surface area contributed by atoms with Crippen LogP contribution < -0.4 is 32.9 Å². The third-order valence-corrected chi connectivity index (χ3v) is 12.3. The lowest BCUT2D eigenvalue weighted by atomic mass is 9.72. The van der Waals surface area contributed by atoms with E-state index in [2.05, 4.69) is 155 Å². The van der Waals surface area contributed by atoms with Crippen molar-refractivity contribution in [2.24, 2.45) is 5.41 Å². The predicted molar refractivity (Wildman–Crippen MR) is 177 cm³/mol. The number of carbonyl (C=O) groups is 1. The summed E-state index contributed by atoms with van der Waals surface area (Å²) in [4.78, 5) is 12.3. The molecule has 41 heavy (non-hydrogen) atoms. The van der Waals surface area contributed by atoms with Crippen molar-refractivity contribution in [2.45, 2.75) is 47.5 Å². The molecule has 1 aliphatic carbocycles. The topological polar surface area (TPSA) is 17.1 Å². The Bertz CT molecular complexity index is 1360. The van der Waals surface area contributed by atoms with Crippen molar-refractivity contribution in [3.8, 4) is 0 Å². The SMILES string of the molecule is CC(C=CC1=C(C)C(=O)CCC1(C)C)=CC=CC(C)=CC[P+](c1ccccc1)(c1ccccc1)c1ccccc1.[Br-]. The zero-order chi connectivity index (χ0) is 28.6. The van der Waals surface area contributed by atoms with Gasteiger partial charge in [-0.3, -0.25) is 4.79 Å². The number of ketones is 1. The van der Waals surface area contributed by atoms with Gasteiger partial charge in [0.2, 0.25) is 0 Å². The average Bonchev–Trinajstić information content (AvgIpc) is 2.97. The lowest BCUT2D eigenvalue weighted by molar-refractivity contribution is -0.116. The van der Waals surface area contributed by atoms with Gasteiger partial charge in [0, 0.05) is 6.42 Å². The monoisotopic (exact) mass is 624 g/mol. The van der Waals surface area contributed by atoms with Crippen molar-refractivity contribution in [1.82, 2.24) is 0 Å². The first-order chi connectivity index (χ1) is 19.2. The van der Waals surface area contributed by atoms with Gasteiger partial charge in [0.15, 0.2) is 5.78 Å². The second-order valence-electron chi connectivity index (χ2n) is 11.4. The van der Waals surface area contributed by atoms with Crippen molar-refractivity contribution in [3.05, 3.63) is 150 Å². The standard InChI is InChI=1S/C38H42OP.BrH/c1-30(24-25-36-32(3)37(39)26-28-38(36,4)5)16-15-17-31(2)27-29-40(33-18-9-6-10-19-33,34-20-11-7-12-21-34)35-22-13-8-14-23-35;/h6-25,27H,26,28-29H2,1-5H3;1H/q+1;/p-1. The minimum absolute atomic E-state index is 0. The number of benzene rings is 3. The molecule has 1 aliphatic rings. The highest BCUT2D eigenvalue weighted by Crippen LogP contribution is 2.55. The fraction of sp³-hybridized carbons (Fsp3) is 0.237. The zero-order valence-corrected chi connectivity index (χ0v) is 27.5. The van der Waals surface area contributed by atoms with Crippen molar-refractivity contribution in [2.75, 3.05) is 6.16 Å². The summed E-state index contributed by atoms with van der Waals surface area (Å²) in [5.74, 6) is 0.279. The molecule has 0 fully saturated rings. The van der Waals surface area contributed by atoms with Crippen LogP contribution in [0.25, 0.3) is 0 Å². The number of allylic oxidation sites excluding steroid dienone is 10. The molecule has 0 spiro atoms. The summed E-state index contributed by atoms with van der Waals surface area (Å²) in [7, 11) is -1.88. The van der Waals surface area contributed by atoms with Gasteiger partial charge >= 0.3 is 0 Å². The largest absolute Gasteiger partial charge is 1.00 e. The molecule has 0 saturated heterocycles. The molecule has 4 rings (SSSR count). The van der Waals surface area contributed by atoms with Crippen LogP contribution in [-0.2, 0) is 4.79 Å². The van der Waals surface area contributed by atoms with Gasteiger partial charge in [0.1, 0.15) is 23.2 Å². The smallest absolute Gasteiger partial charge is 0.158 e. The molecule has 0 atom stereocenters. The zero-order valence-electron chi connectivity index (χ0n) is 25.0. The number of rotatable bonds is 9. The quantitative estimate of drug-likeness (QED) is 0.221. The average molecular weight is 626 g/mol. The molecule has 3 aromatic rings. The minimum Gasteiger partial charge on any atom is -1.00 e. The van der Waals surface area contributed by atoms with E-state index in [4.69, 9.17) is 0 Å². The molecule has 0 amide bonds. The molecular weight excluding hydrogens is 583 g/mol. The number of carbonyl (C=O) groups excluding carboxylic acids is 1. The molecule has 212 valence electrons. The maximum absolute atomic E-state index is 12.3. The lowest BCUT2D eigenvalue weighted by Gasteiger charge is -2.32. The fourth-order valence-corrected chi connectivity index (χ4v) is 9.67. The molecule has 0 saturated carbocycles. The number of halogens is 1. The van der Waals surface area contributed by atoms with Gasteiger partial charge in [-0.25, -0.2) is 0 Å². The second kappa shape index (κ2) is 14.7. The van der Waals surface area contributed by atoms with E-state index in [0.717, 1.165) is 23.7 Å². The maximum atomic E-state index is 12.3. The van der Waals surface area contributed by atoms with E-state index in [-0.39, 0.29) is 28.2 Å². The Morgan fingerprint density at radius 2 is 1.27 bits per heavy atom. The molecule has 3 aromatic carbocycles. The maximum Gasteiger partial charge on any atom is 0.158 e. The number of hydrogen-bond donors (Lipinski definition) is 0. The van der Waals surface area contributed by atoms with Crippen LogP contribution in [0.5, 0.6) is 0 Å². The first-order valence-electron chi connectivity index (χ1n) is 14.2. The summed E-state index contributed by atoms with van der Waals surface area (Å²) >= 11 is 0. The van der Waals surface area contributed by atoms with Crippen LogP contribution in [0.3, 0.4) is 0 Å². The Morgan fingerprint density at radius 3 is 1.76 bits per heavy atom. The third kappa shape index (κ3) is 7.82. The van der Waals surface area contributed by atoms with Crippen molar-refractivity contribution in [3.63, 3.8) is 0 Å². The molecule has 0 bridgehead atoms. The summed E-state index contributed by atoms with van der Waals surface area (Å²) in [6.45, 7) is 10.7. The van der Waals surface area contributed by atoms with Crippen LogP contribution >= 0.6 is 7.26 Å². The van der Waals surface area contributed by atoms with Crippen LogP contribution in [0.4, 0.5) is 0 Å². The van der Waals surface area contributed by atoms with Gasteiger partial charge in [-0.15, -0.1) is 0 Å². The van der Waals surface area contributed by atoms with E-state index in [9.17, 15) is 4.79 Å². The van der Waals surface area contributed by atoms with E-state index in [1.54, 1.807) is 0 Å². The highest BCUT2D eigenvalue weighted by atomic mass is 79.9. The van der Waals surface area contributed by atoms with Crippen molar-refractivity contribution in [1.29, 1.82) is 0 Å². The molecule has 3 heteroatoms. The first-order valence-corrected chi connectivity index (χ1v) is 16.2. The molecule has 0 radical (unpaired) electrons.